The Bertz CT molecular complexity index is 2710. The zero-order valence-electron chi connectivity index (χ0n) is 40.7. The smallest absolute Gasteiger partial charge is 0.308 e. The maximum absolute atomic E-state index is 14.2. The van der Waals surface area contributed by atoms with Crippen LogP contribution in [0.3, 0.4) is 0 Å². The lowest BCUT2D eigenvalue weighted by molar-refractivity contribution is -0.168. The first-order valence-electron chi connectivity index (χ1n) is 23.3. The number of imidazole rings is 1. The fraction of sp³-hybridized carbons (Fsp3) is 0.538. The van der Waals surface area contributed by atoms with Crippen LogP contribution in [0, 0.1) is 51.4 Å². The van der Waals surface area contributed by atoms with Crippen molar-refractivity contribution in [1.29, 1.82) is 0 Å². The molecule has 3 aliphatic rings. The Morgan fingerprint density at radius 2 is 1.41 bits per heavy atom. The van der Waals surface area contributed by atoms with Crippen molar-refractivity contribution < 1.29 is 47.7 Å². The molecule has 16 heteroatoms. The zero-order chi connectivity index (χ0) is 49.5. The van der Waals surface area contributed by atoms with Crippen LogP contribution in [0.5, 0.6) is 11.5 Å². The molecule has 2 aliphatic carbocycles. The number of amides is 1. The molecule has 0 radical (unpaired) electrons. The van der Waals surface area contributed by atoms with Gasteiger partial charge >= 0.3 is 23.9 Å². The minimum atomic E-state index is -1.82. The Morgan fingerprint density at radius 1 is 0.853 bits per heavy atom. The number of hydrogen-bond acceptors (Lipinski definition) is 13. The number of halogens is 1. The van der Waals surface area contributed by atoms with Crippen LogP contribution < -0.4 is 14.8 Å². The molecular weight excluding hydrogens is 890 g/mol. The van der Waals surface area contributed by atoms with Gasteiger partial charge in [-0.3, -0.25) is 28.5 Å². The summed E-state index contributed by atoms with van der Waals surface area (Å²) in [6.07, 6.45) is 12.8. The number of carbonyl (C=O) groups excluding carboxylic acids is 5. The SMILES string of the molecule is C#C[C@]1(COC(=O)CC(C)(C)c2c(C)cc(C)cc2OC(C)=O)O[C@@H](n2cnc3c(NC(=O)C4CC5(CCCCC5)C4)nc(Cl)nc32)C[C@@H]1OC(=O)CC(C)(C)c1c(C)cc(C)cc1OC(C)=O. The molecule has 0 bridgehead atoms. The standard InChI is InChI=1S/C52H62ClN5O10/c1-12-52(27-64-40(61)25-49(8,9)42-31(4)18-29(2)20-36(42)65-33(6)59)38(67-41(62)26-50(10,11)43-32(5)19-30(3)21-37(43)66-34(7)60)22-39(68-52)58-28-54-44-45(56-48(53)57-46(44)58)55-47(63)35-23-51(24-35)16-14-13-15-17-51/h1,18-21,28,35,38-39H,13-17,22-27H2,2-11H3,(H,55,56,57,63)/t38-,39+,52+/m0/s1. The average Bonchev–Trinajstić information content (AvgIpc) is 3.79. The molecule has 68 heavy (non-hydrogen) atoms. The number of terminal acetylenes is 1. The third-order valence-electron chi connectivity index (χ3n) is 13.8. The van der Waals surface area contributed by atoms with Crippen LogP contribution in [0.15, 0.2) is 30.6 Å². The van der Waals surface area contributed by atoms with Crippen molar-refractivity contribution in [2.45, 2.75) is 162 Å². The van der Waals surface area contributed by atoms with Crippen molar-refractivity contribution in [1.82, 2.24) is 19.5 Å². The molecule has 2 aromatic carbocycles. The van der Waals surface area contributed by atoms with Gasteiger partial charge in [0.2, 0.25) is 16.8 Å². The van der Waals surface area contributed by atoms with E-state index in [0.29, 0.717) is 22.6 Å². The molecule has 1 spiro atoms. The van der Waals surface area contributed by atoms with Gasteiger partial charge in [-0.05, 0) is 105 Å². The van der Waals surface area contributed by atoms with E-state index in [4.69, 9.17) is 41.7 Å². The molecule has 4 aromatic rings. The van der Waals surface area contributed by atoms with Crippen molar-refractivity contribution in [3.63, 3.8) is 0 Å². The summed E-state index contributed by atoms with van der Waals surface area (Å²) in [4.78, 5) is 79.4. The summed E-state index contributed by atoms with van der Waals surface area (Å²) in [7, 11) is 0. The van der Waals surface area contributed by atoms with Crippen molar-refractivity contribution in [2.24, 2.45) is 11.3 Å². The van der Waals surface area contributed by atoms with E-state index in [1.807, 2.05) is 67.5 Å². The second-order valence-corrected chi connectivity index (χ2v) is 20.9. The Labute approximate surface area is 402 Å². The lowest BCUT2D eigenvalue weighted by atomic mass is 9.55. The Morgan fingerprint density at radius 3 is 1.96 bits per heavy atom. The van der Waals surface area contributed by atoms with Crippen LogP contribution in [0.25, 0.3) is 11.2 Å². The van der Waals surface area contributed by atoms with E-state index in [1.54, 1.807) is 16.7 Å². The van der Waals surface area contributed by atoms with Gasteiger partial charge in [-0.25, -0.2) is 4.98 Å². The van der Waals surface area contributed by atoms with Crippen LogP contribution in [0.4, 0.5) is 5.82 Å². The van der Waals surface area contributed by atoms with Crippen molar-refractivity contribution in [3.05, 3.63) is 69.3 Å². The van der Waals surface area contributed by atoms with Gasteiger partial charge < -0.3 is 29.0 Å². The molecule has 3 atom stereocenters. The van der Waals surface area contributed by atoms with Gasteiger partial charge in [-0.15, -0.1) is 6.42 Å². The topological polar surface area (TPSA) is 187 Å². The number of aromatic nitrogens is 4. The number of fused-ring (bicyclic) bond motifs is 1. The number of nitrogens with zero attached hydrogens (tertiary/aromatic N) is 4. The first-order valence-corrected chi connectivity index (χ1v) is 23.6. The molecule has 3 heterocycles. The van der Waals surface area contributed by atoms with Crippen LogP contribution in [0.2, 0.25) is 5.28 Å². The number of esters is 4. The first-order chi connectivity index (χ1) is 31.9. The first kappa shape index (κ1) is 50.0. The van der Waals surface area contributed by atoms with Gasteiger partial charge in [-0.1, -0.05) is 65.0 Å². The van der Waals surface area contributed by atoms with Gasteiger partial charge in [0, 0.05) is 48.1 Å². The molecule has 2 saturated carbocycles. The molecule has 1 N–H and O–H groups in total. The van der Waals surface area contributed by atoms with E-state index in [2.05, 4.69) is 26.2 Å². The Hall–Kier alpha value is -5.85. The summed E-state index contributed by atoms with van der Waals surface area (Å²) in [5.74, 6) is 0.916. The van der Waals surface area contributed by atoms with Crippen LogP contribution >= 0.6 is 11.6 Å². The van der Waals surface area contributed by atoms with Crippen molar-refractivity contribution >= 4 is 58.4 Å². The minimum absolute atomic E-state index is 0.0328. The Kier molecular flexibility index (Phi) is 14.2. The summed E-state index contributed by atoms with van der Waals surface area (Å²) in [6, 6.07) is 7.40. The summed E-state index contributed by atoms with van der Waals surface area (Å²) < 4.78 is 31.7. The van der Waals surface area contributed by atoms with Crippen LogP contribution in [0.1, 0.15) is 145 Å². The number of rotatable bonds is 14. The van der Waals surface area contributed by atoms with E-state index in [1.165, 1.54) is 39.4 Å². The molecule has 15 nitrogen and oxygen atoms in total. The van der Waals surface area contributed by atoms with Gasteiger partial charge in [0.1, 0.15) is 30.4 Å². The molecule has 1 aliphatic heterocycles. The van der Waals surface area contributed by atoms with Crippen LogP contribution in [-0.2, 0) is 49.0 Å². The number of aryl methyl sites for hydroxylation is 4. The van der Waals surface area contributed by atoms with E-state index >= 15 is 0 Å². The molecule has 1 saturated heterocycles. The largest absolute Gasteiger partial charge is 0.461 e. The lowest BCUT2D eigenvalue weighted by Gasteiger charge is -2.49. The highest BCUT2D eigenvalue weighted by molar-refractivity contribution is 6.28. The monoisotopic (exact) mass is 951 g/mol. The predicted octanol–water partition coefficient (Wildman–Crippen LogP) is 9.34. The number of ether oxygens (including phenoxy) is 5. The molecule has 0 unspecified atom stereocenters. The molecule has 362 valence electrons. The van der Waals surface area contributed by atoms with E-state index in [0.717, 1.165) is 47.9 Å². The number of anilines is 1. The minimum Gasteiger partial charge on any atom is -0.461 e. The second kappa shape index (κ2) is 19.3. The average molecular weight is 953 g/mol. The van der Waals surface area contributed by atoms with Gasteiger partial charge in [-0.2, -0.15) is 9.97 Å². The lowest BCUT2D eigenvalue weighted by Crippen LogP contribution is -2.46. The number of benzene rings is 2. The molecular formula is C52H62ClN5O10. The van der Waals surface area contributed by atoms with E-state index < -0.39 is 59.2 Å². The second-order valence-electron chi connectivity index (χ2n) is 20.5. The van der Waals surface area contributed by atoms with E-state index in [9.17, 15) is 24.0 Å². The predicted molar refractivity (Wildman–Crippen MR) is 254 cm³/mol. The quantitative estimate of drug-likeness (QED) is 0.0546. The van der Waals surface area contributed by atoms with E-state index in [-0.39, 0.29) is 58.8 Å². The van der Waals surface area contributed by atoms with Gasteiger partial charge in [0.05, 0.1) is 19.2 Å². The highest BCUT2D eigenvalue weighted by atomic mass is 35.5. The maximum atomic E-state index is 14.2. The van der Waals surface area contributed by atoms with Crippen LogP contribution in [-0.4, -0.2) is 67.6 Å². The molecule has 7 rings (SSSR count). The molecule has 2 aromatic heterocycles. The summed E-state index contributed by atoms with van der Waals surface area (Å²) in [5, 5.41) is 2.81. The fourth-order valence-electron chi connectivity index (χ4n) is 11.0. The highest BCUT2D eigenvalue weighted by Crippen LogP contribution is 2.55. The highest BCUT2D eigenvalue weighted by Gasteiger charge is 2.53. The number of hydrogen-bond donors (Lipinski definition) is 1. The maximum Gasteiger partial charge on any atom is 0.308 e. The molecule has 3 fully saturated rings. The summed E-state index contributed by atoms with van der Waals surface area (Å²) in [6.45, 7) is 17.1. The normalized spacial score (nSPS) is 20.3. The van der Waals surface area contributed by atoms with Crippen molar-refractivity contribution in [2.75, 3.05) is 11.9 Å². The van der Waals surface area contributed by atoms with Gasteiger partial charge in [0.15, 0.2) is 17.0 Å². The third-order valence-corrected chi connectivity index (χ3v) is 13.9. The summed E-state index contributed by atoms with van der Waals surface area (Å²) >= 11 is 6.50. The fourth-order valence-corrected chi connectivity index (χ4v) is 11.2. The number of carbonyl (C=O) groups is 5. The van der Waals surface area contributed by atoms with Gasteiger partial charge in [0.25, 0.3) is 0 Å². The Balaban J connectivity index is 1.16. The summed E-state index contributed by atoms with van der Waals surface area (Å²) in [5.41, 5.74) is 1.86. The van der Waals surface area contributed by atoms with Crippen molar-refractivity contribution in [3.8, 4) is 23.8 Å². The molecule has 1 amide bonds. The number of nitrogens with one attached hydrogen (secondary N) is 1. The third kappa shape index (κ3) is 10.6. The zero-order valence-corrected chi connectivity index (χ0v) is 41.5.